The number of aryl methyl sites for hydroxylation is 1. The maximum Gasteiger partial charge on any atom is 0.418 e. The zero-order valence-electron chi connectivity index (χ0n) is 15.2. The van der Waals surface area contributed by atoms with Crippen molar-refractivity contribution in [2.75, 3.05) is 29.9 Å². The molecule has 2 heterocycles. The van der Waals surface area contributed by atoms with Crippen molar-refractivity contribution in [2.24, 2.45) is 0 Å². The lowest BCUT2D eigenvalue weighted by atomic mass is 10.0. The van der Waals surface area contributed by atoms with Gasteiger partial charge in [-0.25, -0.2) is 9.97 Å². The second-order valence-corrected chi connectivity index (χ2v) is 6.69. The van der Waals surface area contributed by atoms with Gasteiger partial charge >= 0.3 is 6.18 Å². The molecule has 0 saturated carbocycles. The first-order valence-corrected chi connectivity index (χ1v) is 8.68. The van der Waals surface area contributed by atoms with Crippen molar-refractivity contribution in [3.8, 4) is 6.07 Å². The molecule has 1 aromatic heterocycles. The predicted molar refractivity (Wildman–Crippen MR) is 96.6 cm³/mol. The van der Waals surface area contributed by atoms with E-state index in [0.717, 1.165) is 24.6 Å². The van der Waals surface area contributed by atoms with E-state index in [1.807, 2.05) is 18.9 Å². The summed E-state index contributed by atoms with van der Waals surface area (Å²) < 4.78 is 40.6. The van der Waals surface area contributed by atoms with Gasteiger partial charge in [0.1, 0.15) is 0 Å². The summed E-state index contributed by atoms with van der Waals surface area (Å²) >= 11 is 0. The van der Waals surface area contributed by atoms with Crippen LogP contribution in [0, 0.1) is 18.3 Å². The second-order valence-electron chi connectivity index (χ2n) is 6.69. The number of piperidine rings is 1. The molecule has 27 heavy (non-hydrogen) atoms. The van der Waals surface area contributed by atoms with E-state index >= 15 is 0 Å². The molecule has 142 valence electrons. The standard InChI is InChI=1S/C19H20F3N5/c1-13-7-8-24-18(25-13)26(2)15-4-3-9-27(12-15)17-6-5-14(11-23)10-16(17)19(20,21)22/h5-8,10,15H,3-4,9,12H2,1-2H3. The van der Waals surface area contributed by atoms with Crippen LogP contribution >= 0.6 is 0 Å². The highest BCUT2D eigenvalue weighted by atomic mass is 19.4. The average molecular weight is 375 g/mol. The van der Waals surface area contributed by atoms with Gasteiger partial charge in [-0.05, 0) is 44.0 Å². The van der Waals surface area contributed by atoms with Crippen LogP contribution in [0.4, 0.5) is 24.8 Å². The molecule has 1 atom stereocenters. The lowest BCUT2D eigenvalue weighted by Gasteiger charge is -2.39. The molecule has 0 bridgehead atoms. The number of halogens is 3. The van der Waals surface area contributed by atoms with Crippen LogP contribution in [0.3, 0.4) is 0 Å². The van der Waals surface area contributed by atoms with Crippen LogP contribution in [0.15, 0.2) is 30.5 Å². The minimum Gasteiger partial charge on any atom is -0.369 e. The summed E-state index contributed by atoms with van der Waals surface area (Å²) in [7, 11) is 1.87. The molecule has 0 amide bonds. The van der Waals surface area contributed by atoms with Crippen LogP contribution in [-0.2, 0) is 6.18 Å². The van der Waals surface area contributed by atoms with E-state index in [-0.39, 0.29) is 17.3 Å². The zero-order valence-corrected chi connectivity index (χ0v) is 15.2. The van der Waals surface area contributed by atoms with Gasteiger partial charge in [-0.1, -0.05) is 0 Å². The van der Waals surface area contributed by atoms with E-state index in [9.17, 15) is 13.2 Å². The Hall–Kier alpha value is -2.82. The summed E-state index contributed by atoms with van der Waals surface area (Å²) in [5, 5.41) is 8.94. The lowest BCUT2D eigenvalue weighted by Crippen LogP contribution is -2.47. The summed E-state index contributed by atoms with van der Waals surface area (Å²) in [4.78, 5) is 12.3. The normalized spacial score (nSPS) is 17.5. The molecule has 1 aliphatic rings. The molecule has 8 heteroatoms. The Balaban J connectivity index is 1.87. The van der Waals surface area contributed by atoms with Gasteiger partial charge in [-0.15, -0.1) is 0 Å². The summed E-state index contributed by atoms with van der Waals surface area (Å²) in [6.45, 7) is 2.84. The molecule has 0 radical (unpaired) electrons. The molecule has 1 aromatic carbocycles. The van der Waals surface area contributed by atoms with Crippen molar-refractivity contribution in [1.82, 2.24) is 9.97 Å². The smallest absolute Gasteiger partial charge is 0.369 e. The van der Waals surface area contributed by atoms with Gasteiger partial charge in [-0.2, -0.15) is 18.4 Å². The van der Waals surface area contributed by atoms with Crippen LogP contribution < -0.4 is 9.80 Å². The fourth-order valence-electron chi connectivity index (χ4n) is 3.37. The fraction of sp³-hybridized carbons (Fsp3) is 0.421. The van der Waals surface area contributed by atoms with Gasteiger partial charge in [0, 0.05) is 43.8 Å². The molecule has 5 nitrogen and oxygen atoms in total. The van der Waals surface area contributed by atoms with Gasteiger partial charge in [0.15, 0.2) is 0 Å². The SMILES string of the molecule is Cc1ccnc(N(C)C2CCCN(c3ccc(C#N)cc3C(F)(F)F)C2)n1. The van der Waals surface area contributed by atoms with Gasteiger partial charge < -0.3 is 9.80 Å². The topological polar surface area (TPSA) is 56.1 Å². The Bertz CT molecular complexity index is 859. The highest BCUT2D eigenvalue weighted by Crippen LogP contribution is 2.38. The van der Waals surface area contributed by atoms with E-state index in [1.54, 1.807) is 23.2 Å². The van der Waals surface area contributed by atoms with Crippen LogP contribution in [-0.4, -0.2) is 36.1 Å². The summed E-state index contributed by atoms with van der Waals surface area (Å²) in [6.07, 6.45) is -1.22. The molecular formula is C19H20F3N5. The largest absolute Gasteiger partial charge is 0.418 e. The number of anilines is 2. The molecule has 2 aromatic rings. The number of aromatic nitrogens is 2. The van der Waals surface area contributed by atoms with Gasteiger partial charge in [0.25, 0.3) is 0 Å². The molecule has 0 N–H and O–H groups in total. The first-order chi connectivity index (χ1) is 12.8. The van der Waals surface area contributed by atoms with E-state index in [4.69, 9.17) is 5.26 Å². The number of alkyl halides is 3. The molecule has 0 spiro atoms. The molecule has 1 saturated heterocycles. The van der Waals surface area contributed by atoms with Crippen molar-refractivity contribution in [1.29, 1.82) is 5.26 Å². The van der Waals surface area contributed by atoms with Crippen molar-refractivity contribution < 1.29 is 13.2 Å². The van der Waals surface area contributed by atoms with Crippen LogP contribution in [0.2, 0.25) is 0 Å². The Labute approximate surface area is 156 Å². The Morgan fingerprint density at radius 3 is 2.74 bits per heavy atom. The van der Waals surface area contributed by atoms with E-state index in [2.05, 4.69) is 9.97 Å². The second kappa shape index (κ2) is 7.43. The Morgan fingerprint density at radius 2 is 2.07 bits per heavy atom. The number of benzene rings is 1. The highest BCUT2D eigenvalue weighted by Gasteiger charge is 2.36. The monoisotopic (exact) mass is 375 g/mol. The summed E-state index contributed by atoms with van der Waals surface area (Å²) in [6, 6.07) is 7.33. The van der Waals surface area contributed by atoms with Crippen molar-refractivity contribution >= 4 is 11.6 Å². The quantitative estimate of drug-likeness (QED) is 0.817. The highest BCUT2D eigenvalue weighted by molar-refractivity contribution is 5.58. The van der Waals surface area contributed by atoms with Crippen LogP contribution in [0.25, 0.3) is 0 Å². The molecule has 1 unspecified atom stereocenters. The Morgan fingerprint density at radius 1 is 1.30 bits per heavy atom. The van der Waals surface area contributed by atoms with Crippen LogP contribution in [0.5, 0.6) is 0 Å². The third-order valence-electron chi connectivity index (χ3n) is 4.81. The first kappa shape index (κ1) is 19.0. The fourth-order valence-corrected chi connectivity index (χ4v) is 3.37. The van der Waals surface area contributed by atoms with E-state index < -0.39 is 11.7 Å². The molecule has 3 rings (SSSR count). The van der Waals surface area contributed by atoms with Crippen molar-refractivity contribution in [3.63, 3.8) is 0 Å². The number of hydrogen-bond acceptors (Lipinski definition) is 5. The van der Waals surface area contributed by atoms with Gasteiger partial charge in [0.05, 0.1) is 17.2 Å². The molecular weight excluding hydrogens is 355 g/mol. The number of likely N-dealkylation sites (N-methyl/N-ethyl adjacent to an activating group) is 1. The van der Waals surface area contributed by atoms with E-state index in [0.29, 0.717) is 19.0 Å². The number of nitrogens with zero attached hydrogens (tertiary/aromatic N) is 5. The van der Waals surface area contributed by atoms with Crippen molar-refractivity contribution in [3.05, 3.63) is 47.3 Å². The average Bonchev–Trinajstić information content (AvgIpc) is 2.66. The molecule has 0 aliphatic carbocycles. The first-order valence-electron chi connectivity index (χ1n) is 8.68. The third kappa shape index (κ3) is 4.13. The Kier molecular flexibility index (Phi) is 5.22. The molecule has 1 aliphatic heterocycles. The number of rotatable bonds is 3. The minimum atomic E-state index is -4.51. The van der Waals surface area contributed by atoms with Gasteiger partial charge in [-0.3, -0.25) is 0 Å². The summed E-state index contributed by atoms with van der Waals surface area (Å²) in [5.41, 5.74) is 0.192. The van der Waals surface area contributed by atoms with Gasteiger partial charge in [0.2, 0.25) is 5.95 Å². The minimum absolute atomic E-state index is 0.00252. The predicted octanol–water partition coefficient (Wildman–Crippen LogP) is 3.78. The van der Waals surface area contributed by atoms with Crippen molar-refractivity contribution in [2.45, 2.75) is 32.0 Å². The third-order valence-corrected chi connectivity index (χ3v) is 4.81. The number of hydrogen-bond donors (Lipinski definition) is 0. The lowest BCUT2D eigenvalue weighted by molar-refractivity contribution is -0.137. The van der Waals surface area contributed by atoms with E-state index in [1.165, 1.54) is 12.1 Å². The maximum absolute atomic E-state index is 13.5. The summed E-state index contributed by atoms with van der Waals surface area (Å²) in [5.74, 6) is 0.567. The maximum atomic E-state index is 13.5. The zero-order chi connectivity index (χ0) is 19.6. The number of nitriles is 1. The van der Waals surface area contributed by atoms with Crippen LogP contribution in [0.1, 0.15) is 29.7 Å². The molecule has 1 fully saturated rings.